The van der Waals surface area contributed by atoms with Gasteiger partial charge in [-0.1, -0.05) is 34.1 Å². The van der Waals surface area contributed by atoms with Gasteiger partial charge in [0.05, 0.1) is 12.7 Å². The van der Waals surface area contributed by atoms with E-state index in [1.165, 1.54) is 19.3 Å². The molecule has 0 aromatic rings. The van der Waals surface area contributed by atoms with E-state index in [9.17, 15) is 0 Å². The first kappa shape index (κ1) is 12.4. The Hall–Kier alpha value is -0.0800. The van der Waals surface area contributed by atoms with Crippen LogP contribution < -0.4 is 0 Å². The number of hydrogen-bond acceptors (Lipinski definition) is 2. The van der Waals surface area contributed by atoms with Crippen LogP contribution in [0, 0.1) is 11.3 Å². The molecule has 2 heteroatoms. The summed E-state index contributed by atoms with van der Waals surface area (Å²) < 4.78 is 12.4. The highest BCUT2D eigenvalue weighted by atomic mass is 16.7. The van der Waals surface area contributed by atoms with Gasteiger partial charge in [-0.2, -0.15) is 0 Å². The quantitative estimate of drug-likeness (QED) is 0.678. The fourth-order valence-electron chi connectivity index (χ4n) is 3.22. The maximum atomic E-state index is 6.37. The molecule has 0 aromatic heterocycles. The van der Waals surface area contributed by atoms with Gasteiger partial charge in [0, 0.05) is 18.3 Å². The van der Waals surface area contributed by atoms with Crippen molar-refractivity contribution in [1.82, 2.24) is 0 Å². The van der Waals surface area contributed by atoms with Crippen molar-refractivity contribution in [1.29, 1.82) is 0 Å². The number of hydrogen-bond donors (Lipinski definition) is 0. The molecule has 0 N–H and O–H groups in total. The summed E-state index contributed by atoms with van der Waals surface area (Å²) in [7, 11) is 0. The molecule has 1 heterocycles. The van der Waals surface area contributed by atoms with Crippen LogP contribution in [0.5, 0.6) is 0 Å². The first-order valence-corrected chi connectivity index (χ1v) is 6.77. The summed E-state index contributed by atoms with van der Waals surface area (Å²) >= 11 is 0. The smallest absolute Gasteiger partial charge is 0.168 e. The third-order valence-corrected chi connectivity index (χ3v) is 4.04. The van der Waals surface area contributed by atoms with Crippen molar-refractivity contribution in [2.75, 3.05) is 6.61 Å². The van der Waals surface area contributed by atoms with E-state index in [4.69, 9.17) is 9.47 Å². The Morgan fingerprint density at radius 3 is 2.25 bits per heavy atom. The van der Waals surface area contributed by atoms with E-state index in [0.29, 0.717) is 12.0 Å². The maximum Gasteiger partial charge on any atom is 0.168 e. The molecule has 2 nitrogen and oxygen atoms in total. The molecule has 2 aliphatic rings. The largest absolute Gasteiger partial charge is 0.349 e. The zero-order chi connectivity index (χ0) is 11.8. The molecule has 0 unspecified atom stereocenters. The van der Waals surface area contributed by atoms with Crippen molar-refractivity contribution in [3.63, 3.8) is 0 Å². The van der Waals surface area contributed by atoms with Gasteiger partial charge in [0.15, 0.2) is 5.79 Å². The van der Waals surface area contributed by atoms with Crippen LogP contribution in [0.15, 0.2) is 0 Å². The van der Waals surface area contributed by atoms with E-state index in [2.05, 4.69) is 27.7 Å². The van der Waals surface area contributed by atoms with Gasteiger partial charge in [-0.3, -0.25) is 0 Å². The lowest BCUT2D eigenvalue weighted by molar-refractivity contribution is -0.345. The molecule has 0 radical (unpaired) electrons. The van der Waals surface area contributed by atoms with E-state index in [-0.39, 0.29) is 11.2 Å². The van der Waals surface area contributed by atoms with Gasteiger partial charge in [0.25, 0.3) is 0 Å². The van der Waals surface area contributed by atoms with Crippen molar-refractivity contribution in [2.45, 2.75) is 71.7 Å². The van der Waals surface area contributed by atoms with E-state index >= 15 is 0 Å². The van der Waals surface area contributed by atoms with E-state index < -0.39 is 0 Å². The topological polar surface area (TPSA) is 18.5 Å². The maximum absolute atomic E-state index is 6.37. The molecule has 2 rings (SSSR count). The predicted molar refractivity (Wildman–Crippen MR) is 65.3 cm³/mol. The molecular weight excluding hydrogens is 200 g/mol. The highest BCUT2D eigenvalue weighted by Gasteiger charge is 2.47. The minimum Gasteiger partial charge on any atom is -0.349 e. The van der Waals surface area contributed by atoms with E-state index in [1.807, 2.05) is 0 Å². The zero-order valence-corrected chi connectivity index (χ0v) is 11.2. The highest BCUT2D eigenvalue weighted by molar-refractivity contribution is 4.90. The lowest BCUT2D eigenvalue weighted by atomic mass is 9.79. The molecule has 1 atom stereocenters. The Kier molecular flexibility index (Phi) is 3.33. The molecule has 1 saturated carbocycles. The van der Waals surface area contributed by atoms with Crippen molar-refractivity contribution in [3.8, 4) is 0 Å². The van der Waals surface area contributed by atoms with Gasteiger partial charge in [-0.15, -0.1) is 0 Å². The van der Waals surface area contributed by atoms with Crippen molar-refractivity contribution in [3.05, 3.63) is 0 Å². The summed E-state index contributed by atoms with van der Waals surface area (Å²) in [5, 5.41) is 0. The zero-order valence-electron chi connectivity index (χ0n) is 11.2. The van der Waals surface area contributed by atoms with Crippen LogP contribution in [0.4, 0.5) is 0 Å². The van der Waals surface area contributed by atoms with Crippen LogP contribution in [-0.4, -0.2) is 18.5 Å². The molecule has 1 aliphatic carbocycles. The van der Waals surface area contributed by atoms with Crippen LogP contribution in [-0.2, 0) is 9.47 Å². The Labute approximate surface area is 99.7 Å². The molecule has 0 aromatic carbocycles. The summed E-state index contributed by atoms with van der Waals surface area (Å²) in [5.41, 5.74) is 0.150. The first-order valence-electron chi connectivity index (χ1n) is 6.77. The minimum atomic E-state index is -0.233. The SMILES string of the molecule is CC(C)[C@@H]1OC2(CCCCC2)OCC1(C)C. The first-order chi connectivity index (χ1) is 7.45. The summed E-state index contributed by atoms with van der Waals surface area (Å²) in [6.45, 7) is 9.87. The Balaban J connectivity index is 2.10. The number of ether oxygens (including phenoxy) is 2. The molecular formula is C14H26O2. The van der Waals surface area contributed by atoms with Gasteiger partial charge < -0.3 is 9.47 Å². The molecule has 2 fully saturated rings. The normalized spacial score (nSPS) is 33.2. The van der Waals surface area contributed by atoms with Crippen molar-refractivity contribution in [2.24, 2.45) is 11.3 Å². The summed E-state index contributed by atoms with van der Waals surface area (Å²) in [6.07, 6.45) is 6.36. The second-order valence-corrected chi connectivity index (χ2v) is 6.53. The van der Waals surface area contributed by atoms with Crippen LogP contribution in [0.1, 0.15) is 59.8 Å². The second-order valence-electron chi connectivity index (χ2n) is 6.53. The molecule has 0 amide bonds. The fraction of sp³-hybridized carbons (Fsp3) is 1.00. The molecule has 94 valence electrons. The van der Waals surface area contributed by atoms with Gasteiger partial charge >= 0.3 is 0 Å². The third-order valence-electron chi connectivity index (χ3n) is 4.04. The average molecular weight is 226 g/mol. The van der Waals surface area contributed by atoms with Gasteiger partial charge in [0.2, 0.25) is 0 Å². The lowest BCUT2D eigenvalue weighted by Gasteiger charge is -2.51. The number of rotatable bonds is 1. The Bertz CT molecular complexity index is 239. The van der Waals surface area contributed by atoms with Crippen molar-refractivity contribution >= 4 is 0 Å². The van der Waals surface area contributed by atoms with Crippen LogP contribution in [0.2, 0.25) is 0 Å². The van der Waals surface area contributed by atoms with Crippen molar-refractivity contribution < 1.29 is 9.47 Å². The molecule has 1 spiro atoms. The average Bonchev–Trinajstić information content (AvgIpc) is 2.23. The monoisotopic (exact) mass is 226 g/mol. The summed E-state index contributed by atoms with van der Waals surface area (Å²) in [6, 6.07) is 0. The van der Waals surface area contributed by atoms with Gasteiger partial charge in [-0.25, -0.2) is 0 Å². The van der Waals surface area contributed by atoms with E-state index in [1.54, 1.807) is 0 Å². The molecule has 16 heavy (non-hydrogen) atoms. The lowest BCUT2D eigenvalue weighted by Crippen LogP contribution is -2.55. The second kappa shape index (κ2) is 4.30. The van der Waals surface area contributed by atoms with Gasteiger partial charge in [0.1, 0.15) is 0 Å². The van der Waals surface area contributed by atoms with Crippen LogP contribution in [0.3, 0.4) is 0 Å². The standard InChI is InChI=1S/C14H26O2/c1-11(2)12-13(3,4)10-15-14(16-12)8-6-5-7-9-14/h11-12H,5-10H2,1-4H3/t12-/m0/s1. The summed E-state index contributed by atoms with van der Waals surface area (Å²) in [4.78, 5) is 0. The summed E-state index contributed by atoms with van der Waals surface area (Å²) in [5.74, 6) is 0.334. The predicted octanol–water partition coefficient (Wildman–Crippen LogP) is 3.74. The van der Waals surface area contributed by atoms with Crippen LogP contribution >= 0.6 is 0 Å². The third kappa shape index (κ3) is 2.28. The molecule has 1 aliphatic heterocycles. The van der Waals surface area contributed by atoms with Gasteiger partial charge in [-0.05, 0) is 18.8 Å². The minimum absolute atomic E-state index is 0.150. The Morgan fingerprint density at radius 2 is 1.69 bits per heavy atom. The van der Waals surface area contributed by atoms with E-state index in [0.717, 1.165) is 19.4 Å². The van der Waals surface area contributed by atoms with Crippen LogP contribution in [0.25, 0.3) is 0 Å². The Morgan fingerprint density at radius 1 is 1.06 bits per heavy atom. The molecule has 0 bridgehead atoms. The fourth-order valence-corrected chi connectivity index (χ4v) is 3.22. The molecule has 1 saturated heterocycles. The highest BCUT2D eigenvalue weighted by Crippen LogP contribution is 2.44.